The monoisotopic (exact) mass is 322 g/mol. The molecule has 1 aromatic rings. The highest BCUT2D eigenvalue weighted by Crippen LogP contribution is 2.18. The maximum Gasteiger partial charge on any atom is 0.222 e. The SMILES string of the molecule is O=C(CCC1CCNC1)N1CCN(c2ccc(Cl)cn2)CC1. The number of halogens is 1. The van der Waals surface area contributed by atoms with Gasteiger partial charge in [0.2, 0.25) is 5.91 Å². The van der Waals surface area contributed by atoms with E-state index in [4.69, 9.17) is 11.6 Å². The first-order chi connectivity index (χ1) is 10.7. The molecule has 1 aromatic heterocycles. The Labute approximate surface area is 136 Å². The maximum atomic E-state index is 12.3. The molecule has 3 rings (SSSR count). The number of nitrogens with one attached hydrogen (secondary N) is 1. The van der Waals surface area contributed by atoms with Crippen LogP contribution in [0, 0.1) is 5.92 Å². The topological polar surface area (TPSA) is 48.5 Å². The van der Waals surface area contributed by atoms with Gasteiger partial charge in [-0.1, -0.05) is 11.6 Å². The van der Waals surface area contributed by atoms with Gasteiger partial charge in [-0.15, -0.1) is 0 Å². The van der Waals surface area contributed by atoms with Crippen LogP contribution in [0.15, 0.2) is 18.3 Å². The summed E-state index contributed by atoms with van der Waals surface area (Å²) in [5.41, 5.74) is 0. The number of amides is 1. The van der Waals surface area contributed by atoms with E-state index in [0.717, 1.165) is 51.5 Å². The Morgan fingerprint density at radius 2 is 2.14 bits per heavy atom. The van der Waals surface area contributed by atoms with Gasteiger partial charge in [0.05, 0.1) is 5.02 Å². The molecular weight excluding hydrogens is 300 g/mol. The number of aromatic nitrogens is 1. The van der Waals surface area contributed by atoms with Crippen molar-refractivity contribution in [2.45, 2.75) is 19.3 Å². The minimum absolute atomic E-state index is 0.301. The van der Waals surface area contributed by atoms with E-state index in [-0.39, 0.29) is 0 Å². The molecule has 0 aromatic carbocycles. The van der Waals surface area contributed by atoms with Crippen LogP contribution in [0.1, 0.15) is 19.3 Å². The van der Waals surface area contributed by atoms with Crippen LogP contribution in [0.2, 0.25) is 5.02 Å². The van der Waals surface area contributed by atoms with E-state index >= 15 is 0 Å². The number of hydrogen-bond donors (Lipinski definition) is 1. The summed E-state index contributed by atoms with van der Waals surface area (Å²) in [4.78, 5) is 20.8. The summed E-state index contributed by atoms with van der Waals surface area (Å²) in [5.74, 6) is 1.92. The third-order valence-electron chi connectivity index (χ3n) is 4.60. The molecule has 0 spiro atoms. The van der Waals surface area contributed by atoms with Gasteiger partial charge in [0.25, 0.3) is 0 Å². The van der Waals surface area contributed by atoms with Crippen molar-refractivity contribution in [2.75, 3.05) is 44.2 Å². The highest BCUT2D eigenvalue weighted by molar-refractivity contribution is 6.30. The molecular formula is C16H23ClN4O. The van der Waals surface area contributed by atoms with Gasteiger partial charge < -0.3 is 15.1 Å². The van der Waals surface area contributed by atoms with Crippen molar-refractivity contribution in [1.82, 2.24) is 15.2 Å². The van der Waals surface area contributed by atoms with Crippen molar-refractivity contribution in [2.24, 2.45) is 5.92 Å². The Morgan fingerprint density at radius 1 is 1.32 bits per heavy atom. The van der Waals surface area contributed by atoms with Crippen molar-refractivity contribution in [3.63, 3.8) is 0 Å². The van der Waals surface area contributed by atoms with E-state index in [2.05, 4.69) is 15.2 Å². The second-order valence-corrected chi connectivity index (χ2v) is 6.54. The molecule has 6 heteroatoms. The number of nitrogens with zero attached hydrogens (tertiary/aromatic N) is 3. The third-order valence-corrected chi connectivity index (χ3v) is 4.82. The summed E-state index contributed by atoms with van der Waals surface area (Å²) >= 11 is 5.87. The predicted octanol–water partition coefficient (Wildman–Crippen LogP) is 1.77. The van der Waals surface area contributed by atoms with Crippen LogP contribution >= 0.6 is 11.6 Å². The average molecular weight is 323 g/mol. The first-order valence-corrected chi connectivity index (χ1v) is 8.45. The summed E-state index contributed by atoms with van der Waals surface area (Å²) in [6.07, 6.45) is 4.59. The molecule has 2 aliphatic heterocycles. The van der Waals surface area contributed by atoms with Gasteiger partial charge in [0, 0.05) is 38.8 Å². The molecule has 1 N–H and O–H groups in total. The summed E-state index contributed by atoms with van der Waals surface area (Å²) in [7, 11) is 0. The number of carbonyl (C=O) groups is 1. The molecule has 1 amide bonds. The highest BCUT2D eigenvalue weighted by Gasteiger charge is 2.23. The van der Waals surface area contributed by atoms with Crippen LogP contribution < -0.4 is 10.2 Å². The zero-order valence-electron chi connectivity index (χ0n) is 12.8. The predicted molar refractivity (Wildman–Crippen MR) is 88.3 cm³/mol. The number of pyridine rings is 1. The first-order valence-electron chi connectivity index (χ1n) is 8.07. The van der Waals surface area contributed by atoms with E-state index < -0.39 is 0 Å². The molecule has 0 bridgehead atoms. The molecule has 22 heavy (non-hydrogen) atoms. The zero-order chi connectivity index (χ0) is 15.4. The summed E-state index contributed by atoms with van der Waals surface area (Å²) in [6, 6.07) is 3.80. The van der Waals surface area contributed by atoms with Crippen molar-refractivity contribution in [1.29, 1.82) is 0 Å². The normalized spacial score (nSPS) is 22.1. The fourth-order valence-corrected chi connectivity index (χ4v) is 3.30. The van der Waals surface area contributed by atoms with E-state index in [0.29, 0.717) is 23.3 Å². The zero-order valence-corrected chi connectivity index (χ0v) is 13.6. The lowest BCUT2D eigenvalue weighted by molar-refractivity contribution is -0.131. The van der Waals surface area contributed by atoms with Crippen LogP contribution in [0.25, 0.3) is 0 Å². The van der Waals surface area contributed by atoms with Gasteiger partial charge in [-0.2, -0.15) is 0 Å². The van der Waals surface area contributed by atoms with Gasteiger partial charge in [-0.3, -0.25) is 4.79 Å². The Hall–Kier alpha value is -1.33. The molecule has 0 saturated carbocycles. The van der Waals surface area contributed by atoms with Crippen LogP contribution in [-0.2, 0) is 4.79 Å². The molecule has 2 saturated heterocycles. The maximum absolute atomic E-state index is 12.3. The van der Waals surface area contributed by atoms with Crippen LogP contribution in [-0.4, -0.2) is 55.1 Å². The van der Waals surface area contributed by atoms with Crippen molar-refractivity contribution in [3.05, 3.63) is 23.4 Å². The summed E-state index contributed by atoms with van der Waals surface area (Å²) < 4.78 is 0. The number of rotatable bonds is 4. The minimum Gasteiger partial charge on any atom is -0.353 e. The number of hydrogen-bond acceptors (Lipinski definition) is 4. The number of carbonyl (C=O) groups excluding carboxylic acids is 1. The molecule has 120 valence electrons. The lowest BCUT2D eigenvalue weighted by atomic mass is 10.0. The van der Waals surface area contributed by atoms with Crippen molar-refractivity contribution in [3.8, 4) is 0 Å². The largest absolute Gasteiger partial charge is 0.353 e. The minimum atomic E-state index is 0.301. The molecule has 2 fully saturated rings. The van der Waals surface area contributed by atoms with Crippen molar-refractivity contribution >= 4 is 23.3 Å². The van der Waals surface area contributed by atoms with Gasteiger partial charge in [-0.05, 0) is 44.0 Å². The van der Waals surface area contributed by atoms with E-state index in [9.17, 15) is 4.79 Å². The quantitative estimate of drug-likeness (QED) is 0.918. The standard InChI is InChI=1S/C16H23ClN4O/c17-14-2-3-15(19-12-14)20-7-9-21(10-8-20)16(22)4-1-13-5-6-18-11-13/h2-3,12-13,18H,1,4-11H2. The lowest BCUT2D eigenvalue weighted by Crippen LogP contribution is -2.49. The molecule has 5 nitrogen and oxygen atoms in total. The molecule has 2 aliphatic rings. The summed E-state index contributed by atoms with van der Waals surface area (Å²) in [6.45, 7) is 5.42. The Bertz CT molecular complexity index is 493. The van der Waals surface area contributed by atoms with Gasteiger partial charge in [0.1, 0.15) is 5.82 Å². The van der Waals surface area contributed by atoms with E-state index in [1.54, 1.807) is 6.20 Å². The van der Waals surface area contributed by atoms with E-state index in [1.807, 2.05) is 17.0 Å². The van der Waals surface area contributed by atoms with Gasteiger partial charge >= 0.3 is 0 Å². The van der Waals surface area contributed by atoms with Gasteiger partial charge in [0.15, 0.2) is 0 Å². The molecule has 1 unspecified atom stereocenters. The Morgan fingerprint density at radius 3 is 2.77 bits per heavy atom. The number of anilines is 1. The molecule has 0 aliphatic carbocycles. The second kappa shape index (κ2) is 7.29. The fourth-order valence-electron chi connectivity index (χ4n) is 3.19. The van der Waals surface area contributed by atoms with Crippen LogP contribution in [0.3, 0.4) is 0 Å². The highest BCUT2D eigenvalue weighted by atomic mass is 35.5. The fraction of sp³-hybridized carbons (Fsp3) is 0.625. The third kappa shape index (κ3) is 3.90. The molecule has 1 atom stereocenters. The van der Waals surface area contributed by atoms with E-state index in [1.165, 1.54) is 6.42 Å². The molecule has 0 radical (unpaired) electrons. The van der Waals surface area contributed by atoms with Gasteiger partial charge in [-0.25, -0.2) is 4.98 Å². The molecule has 3 heterocycles. The first kappa shape index (κ1) is 15.6. The van der Waals surface area contributed by atoms with Crippen LogP contribution in [0.5, 0.6) is 0 Å². The second-order valence-electron chi connectivity index (χ2n) is 6.10. The Balaban J connectivity index is 1.44. The Kier molecular flexibility index (Phi) is 5.16. The van der Waals surface area contributed by atoms with Crippen LogP contribution in [0.4, 0.5) is 5.82 Å². The number of piperazine rings is 1. The smallest absolute Gasteiger partial charge is 0.222 e. The average Bonchev–Trinajstić information content (AvgIpc) is 3.07. The van der Waals surface area contributed by atoms with Crippen molar-refractivity contribution < 1.29 is 4.79 Å². The lowest BCUT2D eigenvalue weighted by Gasteiger charge is -2.35. The summed E-state index contributed by atoms with van der Waals surface area (Å²) in [5, 5.41) is 4.01.